The van der Waals surface area contributed by atoms with E-state index in [1.807, 2.05) is 25.1 Å². The lowest BCUT2D eigenvalue weighted by molar-refractivity contribution is -0.0442. The van der Waals surface area contributed by atoms with Gasteiger partial charge >= 0.3 is 5.97 Å². The highest BCUT2D eigenvalue weighted by molar-refractivity contribution is 5.97. The van der Waals surface area contributed by atoms with Gasteiger partial charge in [0.25, 0.3) is 5.91 Å². The Balaban J connectivity index is 1.67. The van der Waals surface area contributed by atoms with Crippen molar-refractivity contribution >= 4 is 11.9 Å². The van der Waals surface area contributed by atoms with Crippen molar-refractivity contribution in [3.63, 3.8) is 0 Å². The molecule has 1 spiro atoms. The summed E-state index contributed by atoms with van der Waals surface area (Å²) >= 11 is 0. The molecule has 24 heavy (non-hydrogen) atoms. The van der Waals surface area contributed by atoms with Crippen LogP contribution in [-0.4, -0.2) is 29.9 Å². The first kappa shape index (κ1) is 15.0. The molecule has 2 aromatic rings. The molecule has 0 N–H and O–H groups in total. The van der Waals surface area contributed by atoms with Crippen LogP contribution in [0.15, 0.2) is 34.7 Å². The zero-order valence-corrected chi connectivity index (χ0v) is 13.8. The molecular weight excluding hydrogens is 306 g/mol. The van der Waals surface area contributed by atoms with E-state index in [0.29, 0.717) is 30.0 Å². The maximum Gasteiger partial charge on any atom is 0.339 e. The van der Waals surface area contributed by atoms with Gasteiger partial charge in [-0.15, -0.1) is 0 Å². The lowest BCUT2D eigenvalue weighted by Crippen LogP contribution is -2.48. The van der Waals surface area contributed by atoms with Crippen LogP contribution >= 0.6 is 0 Å². The molecular formula is C19H19NO4. The Morgan fingerprint density at radius 1 is 1.25 bits per heavy atom. The van der Waals surface area contributed by atoms with Crippen LogP contribution in [0.5, 0.6) is 0 Å². The molecule has 1 atom stereocenters. The van der Waals surface area contributed by atoms with Gasteiger partial charge in [0, 0.05) is 12.1 Å². The molecule has 1 saturated heterocycles. The first-order valence-corrected chi connectivity index (χ1v) is 8.19. The summed E-state index contributed by atoms with van der Waals surface area (Å²) in [5, 5.41) is 0. The average Bonchev–Trinajstić information content (AvgIpc) is 3.05. The minimum Gasteiger partial charge on any atom is -0.466 e. The fourth-order valence-corrected chi connectivity index (χ4v) is 3.86. The van der Waals surface area contributed by atoms with Gasteiger partial charge in [-0.2, -0.15) is 0 Å². The third-order valence-electron chi connectivity index (χ3n) is 4.94. The fraction of sp³-hybridized carbons (Fsp3) is 0.368. The molecule has 0 aliphatic carbocycles. The van der Waals surface area contributed by atoms with E-state index in [-0.39, 0.29) is 11.9 Å². The maximum atomic E-state index is 12.9. The zero-order chi connectivity index (χ0) is 16.9. The van der Waals surface area contributed by atoms with Gasteiger partial charge in [0.2, 0.25) is 0 Å². The highest BCUT2D eigenvalue weighted by Crippen LogP contribution is 2.43. The number of esters is 1. The number of carbonyl (C=O) groups excluding carboxylic acids is 2. The molecule has 0 radical (unpaired) electrons. The molecule has 5 nitrogen and oxygen atoms in total. The largest absolute Gasteiger partial charge is 0.466 e. The van der Waals surface area contributed by atoms with Crippen LogP contribution in [0.25, 0.3) is 0 Å². The third kappa shape index (κ3) is 2.15. The minimum absolute atomic E-state index is 0.0659. The Hall–Kier alpha value is -2.56. The molecule has 0 bridgehead atoms. The Morgan fingerprint density at radius 2 is 2.04 bits per heavy atom. The lowest BCUT2D eigenvalue weighted by atomic mass is 9.85. The van der Waals surface area contributed by atoms with E-state index in [9.17, 15) is 9.59 Å². The van der Waals surface area contributed by atoms with Crippen LogP contribution in [0.3, 0.4) is 0 Å². The standard InChI is InChI=1S/C19H19NO4/c1-12-10-15(13(2)23-12)17(21)20-9-5-8-19(11-20)16-7-4-3-6-14(16)18(22)24-19/h3-4,6-7,10H,5,8-9,11H2,1-2H3/t19-/m0/s1. The van der Waals surface area contributed by atoms with Gasteiger partial charge in [0.15, 0.2) is 5.60 Å². The number of ether oxygens (including phenoxy) is 1. The average molecular weight is 325 g/mol. The molecule has 3 heterocycles. The molecule has 0 unspecified atom stereocenters. The number of hydrogen-bond acceptors (Lipinski definition) is 4. The summed E-state index contributed by atoms with van der Waals surface area (Å²) in [7, 11) is 0. The molecule has 124 valence electrons. The van der Waals surface area contributed by atoms with Crippen LogP contribution in [0.2, 0.25) is 0 Å². The fourth-order valence-electron chi connectivity index (χ4n) is 3.86. The second-order valence-corrected chi connectivity index (χ2v) is 6.59. The number of piperidine rings is 1. The summed E-state index contributed by atoms with van der Waals surface area (Å²) in [6, 6.07) is 9.24. The summed E-state index contributed by atoms with van der Waals surface area (Å²) < 4.78 is 11.2. The first-order chi connectivity index (χ1) is 11.5. The topological polar surface area (TPSA) is 59.8 Å². The van der Waals surface area contributed by atoms with Gasteiger partial charge in [0.1, 0.15) is 11.5 Å². The molecule has 0 saturated carbocycles. The van der Waals surface area contributed by atoms with Crippen LogP contribution in [0.1, 0.15) is 50.6 Å². The Labute approximate surface area is 140 Å². The van der Waals surface area contributed by atoms with Gasteiger partial charge in [-0.25, -0.2) is 4.79 Å². The van der Waals surface area contributed by atoms with Crippen molar-refractivity contribution in [3.8, 4) is 0 Å². The van der Waals surface area contributed by atoms with E-state index >= 15 is 0 Å². The van der Waals surface area contributed by atoms with Crippen LogP contribution in [0.4, 0.5) is 0 Å². The summed E-state index contributed by atoms with van der Waals surface area (Å²) in [5.74, 6) is 0.986. The van der Waals surface area contributed by atoms with Crippen molar-refractivity contribution in [1.82, 2.24) is 4.90 Å². The van der Waals surface area contributed by atoms with Crippen molar-refractivity contribution in [1.29, 1.82) is 0 Å². The highest BCUT2D eigenvalue weighted by Gasteiger charge is 2.48. The van der Waals surface area contributed by atoms with E-state index in [1.165, 1.54) is 0 Å². The van der Waals surface area contributed by atoms with E-state index in [1.54, 1.807) is 24.0 Å². The number of furan rings is 1. The van der Waals surface area contributed by atoms with E-state index in [2.05, 4.69) is 0 Å². The number of fused-ring (bicyclic) bond motifs is 2. The molecule has 2 aliphatic heterocycles. The monoisotopic (exact) mass is 325 g/mol. The van der Waals surface area contributed by atoms with Gasteiger partial charge < -0.3 is 14.1 Å². The van der Waals surface area contributed by atoms with Crippen molar-refractivity contribution in [2.24, 2.45) is 0 Å². The minimum atomic E-state index is -0.714. The van der Waals surface area contributed by atoms with Crippen LogP contribution in [0, 0.1) is 13.8 Å². The molecule has 1 fully saturated rings. The molecule has 5 heteroatoms. The third-order valence-corrected chi connectivity index (χ3v) is 4.94. The second-order valence-electron chi connectivity index (χ2n) is 6.59. The summed E-state index contributed by atoms with van der Waals surface area (Å²) in [5.41, 5.74) is 1.38. The number of rotatable bonds is 1. The first-order valence-electron chi connectivity index (χ1n) is 8.19. The van der Waals surface area contributed by atoms with E-state index < -0.39 is 5.60 Å². The zero-order valence-electron chi connectivity index (χ0n) is 13.8. The Bertz CT molecular complexity index is 838. The number of amides is 1. The quantitative estimate of drug-likeness (QED) is 0.756. The predicted octanol–water partition coefficient (Wildman–Crippen LogP) is 3.20. The van der Waals surface area contributed by atoms with Gasteiger partial charge in [-0.05, 0) is 38.8 Å². The highest BCUT2D eigenvalue weighted by atomic mass is 16.6. The van der Waals surface area contributed by atoms with Gasteiger partial charge in [-0.3, -0.25) is 4.79 Å². The second kappa shape index (κ2) is 5.23. The predicted molar refractivity (Wildman–Crippen MR) is 86.9 cm³/mol. The summed E-state index contributed by atoms with van der Waals surface area (Å²) in [6.07, 6.45) is 1.53. The number of benzene rings is 1. The van der Waals surface area contributed by atoms with Crippen LogP contribution < -0.4 is 0 Å². The lowest BCUT2D eigenvalue weighted by Gasteiger charge is -2.39. The Morgan fingerprint density at radius 3 is 2.79 bits per heavy atom. The smallest absolute Gasteiger partial charge is 0.339 e. The number of aryl methyl sites for hydroxylation is 2. The molecule has 1 amide bonds. The molecule has 1 aromatic carbocycles. The van der Waals surface area contributed by atoms with Crippen molar-refractivity contribution in [3.05, 3.63) is 58.5 Å². The number of nitrogens with zero attached hydrogens (tertiary/aromatic N) is 1. The van der Waals surface area contributed by atoms with Crippen LogP contribution in [-0.2, 0) is 10.3 Å². The molecule has 4 rings (SSSR count). The summed E-state index contributed by atoms with van der Waals surface area (Å²) in [6.45, 7) is 4.67. The maximum absolute atomic E-state index is 12.9. The van der Waals surface area contributed by atoms with Gasteiger partial charge in [0.05, 0.1) is 17.7 Å². The number of carbonyl (C=O) groups is 2. The summed E-state index contributed by atoms with van der Waals surface area (Å²) in [4.78, 5) is 26.9. The number of hydrogen-bond donors (Lipinski definition) is 0. The normalized spacial score (nSPS) is 22.6. The Kier molecular flexibility index (Phi) is 3.27. The van der Waals surface area contributed by atoms with Gasteiger partial charge in [-0.1, -0.05) is 18.2 Å². The van der Waals surface area contributed by atoms with Crippen molar-refractivity contribution in [2.75, 3.05) is 13.1 Å². The van der Waals surface area contributed by atoms with E-state index in [4.69, 9.17) is 9.15 Å². The molecule has 1 aromatic heterocycles. The molecule has 2 aliphatic rings. The van der Waals surface area contributed by atoms with E-state index in [0.717, 1.165) is 24.2 Å². The number of likely N-dealkylation sites (tertiary alicyclic amines) is 1. The van der Waals surface area contributed by atoms with Crippen molar-refractivity contribution in [2.45, 2.75) is 32.3 Å². The van der Waals surface area contributed by atoms with Crippen molar-refractivity contribution < 1.29 is 18.7 Å². The SMILES string of the molecule is Cc1cc(C(=O)N2CCC[C@@]3(C2)OC(=O)c2ccccc23)c(C)o1.